The average molecular weight is 280 g/mol. The van der Waals surface area contributed by atoms with Gasteiger partial charge < -0.3 is 10.5 Å². The normalized spacial score (nSPS) is 12.3. The number of methoxy groups -OCH3 is 1. The molecule has 0 saturated carbocycles. The van der Waals surface area contributed by atoms with E-state index in [-0.39, 0.29) is 5.82 Å². The van der Waals surface area contributed by atoms with Gasteiger partial charge in [-0.15, -0.1) is 0 Å². The smallest absolute Gasteiger partial charge is 0.131 e. The lowest BCUT2D eigenvalue weighted by atomic mass is 9.97. The summed E-state index contributed by atoms with van der Waals surface area (Å²) in [6.45, 7) is 1.71. The minimum atomic E-state index is -0.617. The van der Waals surface area contributed by atoms with Gasteiger partial charge in [-0.25, -0.2) is 4.39 Å². The zero-order valence-electron chi connectivity index (χ0n) is 10.8. The van der Waals surface area contributed by atoms with Crippen molar-refractivity contribution in [3.05, 3.63) is 63.9 Å². The van der Waals surface area contributed by atoms with Gasteiger partial charge in [-0.05, 0) is 30.7 Å². The van der Waals surface area contributed by atoms with Gasteiger partial charge in [0.05, 0.1) is 13.2 Å². The molecular weight excluding hydrogens is 265 g/mol. The summed E-state index contributed by atoms with van der Waals surface area (Å²) in [6, 6.07) is 9.69. The summed E-state index contributed by atoms with van der Waals surface area (Å²) in [4.78, 5) is 0. The molecule has 0 amide bonds. The van der Waals surface area contributed by atoms with Crippen LogP contribution in [0.3, 0.4) is 0 Å². The molecule has 2 aromatic carbocycles. The summed E-state index contributed by atoms with van der Waals surface area (Å²) >= 11 is 5.97. The predicted octanol–water partition coefficient (Wildman–Crippen LogP) is 3.84. The molecule has 4 heteroatoms. The molecule has 0 bridgehead atoms. The molecule has 0 heterocycles. The lowest BCUT2D eigenvalue weighted by Gasteiger charge is -2.17. The highest BCUT2D eigenvalue weighted by molar-refractivity contribution is 6.30. The van der Waals surface area contributed by atoms with E-state index in [2.05, 4.69) is 0 Å². The second kappa shape index (κ2) is 5.59. The van der Waals surface area contributed by atoms with Crippen LogP contribution in [-0.2, 0) is 0 Å². The van der Waals surface area contributed by atoms with Crippen molar-refractivity contribution in [2.45, 2.75) is 13.0 Å². The van der Waals surface area contributed by atoms with Gasteiger partial charge in [0.2, 0.25) is 0 Å². The van der Waals surface area contributed by atoms with Crippen molar-refractivity contribution in [1.29, 1.82) is 0 Å². The topological polar surface area (TPSA) is 35.2 Å². The van der Waals surface area contributed by atoms with E-state index in [1.54, 1.807) is 50.4 Å². The van der Waals surface area contributed by atoms with Crippen LogP contribution < -0.4 is 10.5 Å². The summed E-state index contributed by atoms with van der Waals surface area (Å²) in [5, 5.41) is 0.541. The van der Waals surface area contributed by atoms with Crippen molar-refractivity contribution >= 4 is 11.6 Å². The van der Waals surface area contributed by atoms with Gasteiger partial charge in [-0.2, -0.15) is 0 Å². The number of benzene rings is 2. The molecule has 1 atom stereocenters. The SMILES string of the molecule is COc1ccc(Cl)cc1C(N)c1cccc(C)c1F. The van der Waals surface area contributed by atoms with E-state index in [1.165, 1.54) is 0 Å². The number of ether oxygens (including phenoxy) is 1. The molecule has 100 valence electrons. The van der Waals surface area contributed by atoms with Crippen molar-refractivity contribution in [3.63, 3.8) is 0 Å². The second-order valence-corrected chi connectivity index (χ2v) is 4.78. The highest BCUT2D eigenvalue weighted by Crippen LogP contribution is 2.32. The Morgan fingerprint density at radius 3 is 2.63 bits per heavy atom. The Morgan fingerprint density at radius 1 is 1.21 bits per heavy atom. The maximum Gasteiger partial charge on any atom is 0.131 e. The van der Waals surface area contributed by atoms with Crippen LogP contribution >= 0.6 is 11.6 Å². The molecule has 0 fully saturated rings. The Kier molecular flexibility index (Phi) is 4.08. The molecule has 2 nitrogen and oxygen atoms in total. The third-order valence-electron chi connectivity index (χ3n) is 3.08. The molecule has 0 spiro atoms. The lowest BCUT2D eigenvalue weighted by molar-refractivity contribution is 0.407. The van der Waals surface area contributed by atoms with Gasteiger partial charge >= 0.3 is 0 Å². The molecule has 0 saturated heterocycles. The summed E-state index contributed by atoms with van der Waals surface area (Å²) in [5.41, 5.74) is 7.81. The van der Waals surface area contributed by atoms with Crippen LogP contribution in [0.2, 0.25) is 5.02 Å². The van der Waals surface area contributed by atoms with Gasteiger partial charge in [0.1, 0.15) is 11.6 Å². The molecule has 0 radical (unpaired) electrons. The molecule has 2 rings (SSSR count). The summed E-state index contributed by atoms with van der Waals surface area (Å²) in [6.07, 6.45) is 0. The Hall–Kier alpha value is -1.58. The van der Waals surface area contributed by atoms with Crippen molar-refractivity contribution in [2.75, 3.05) is 7.11 Å². The first-order valence-electron chi connectivity index (χ1n) is 5.88. The zero-order valence-corrected chi connectivity index (χ0v) is 11.5. The first kappa shape index (κ1) is 13.8. The fraction of sp³-hybridized carbons (Fsp3) is 0.200. The third-order valence-corrected chi connectivity index (χ3v) is 3.32. The van der Waals surface area contributed by atoms with E-state index < -0.39 is 6.04 Å². The predicted molar refractivity (Wildman–Crippen MR) is 75.2 cm³/mol. The van der Waals surface area contributed by atoms with E-state index >= 15 is 0 Å². The molecular formula is C15H15ClFNO. The Morgan fingerprint density at radius 2 is 1.95 bits per heavy atom. The van der Waals surface area contributed by atoms with Crippen LogP contribution in [0.4, 0.5) is 4.39 Å². The Balaban J connectivity index is 2.52. The largest absolute Gasteiger partial charge is 0.496 e. The van der Waals surface area contributed by atoms with E-state index in [4.69, 9.17) is 22.1 Å². The molecule has 1 unspecified atom stereocenters. The van der Waals surface area contributed by atoms with Gasteiger partial charge in [-0.3, -0.25) is 0 Å². The molecule has 2 aromatic rings. The van der Waals surface area contributed by atoms with E-state index in [0.717, 1.165) is 0 Å². The van der Waals surface area contributed by atoms with Crippen molar-refractivity contribution in [2.24, 2.45) is 5.73 Å². The monoisotopic (exact) mass is 279 g/mol. The Bertz CT molecular complexity index is 601. The first-order chi connectivity index (χ1) is 9.04. The maximum absolute atomic E-state index is 14.1. The van der Waals surface area contributed by atoms with Crippen LogP contribution in [-0.4, -0.2) is 7.11 Å². The van der Waals surface area contributed by atoms with Crippen LogP contribution in [0, 0.1) is 12.7 Å². The summed E-state index contributed by atoms with van der Waals surface area (Å²) < 4.78 is 19.4. The standard InChI is InChI=1S/C15H15ClFNO/c1-9-4-3-5-11(14(9)17)15(18)12-8-10(16)6-7-13(12)19-2/h3-8,15H,18H2,1-2H3. The first-order valence-corrected chi connectivity index (χ1v) is 6.26. The fourth-order valence-corrected chi connectivity index (χ4v) is 2.21. The molecule has 0 aliphatic heterocycles. The quantitative estimate of drug-likeness (QED) is 0.926. The van der Waals surface area contributed by atoms with Crippen LogP contribution in [0.25, 0.3) is 0 Å². The van der Waals surface area contributed by atoms with Crippen LogP contribution in [0.5, 0.6) is 5.75 Å². The number of aryl methyl sites for hydroxylation is 1. The van der Waals surface area contributed by atoms with Gasteiger partial charge in [-0.1, -0.05) is 29.8 Å². The lowest BCUT2D eigenvalue weighted by Crippen LogP contribution is -2.15. The Labute approximate surface area is 117 Å². The van der Waals surface area contributed by atoms with Crippen LogP contribution in [0.1, 0.15) is 22.7 Å². The summed E-state index contributed by atoms with van der Waals surface area (Å²) in [7, 11) is 1.55. The highest BCUT2D eigenvalue weighted by Gasteiger charge is 2.18. The molecule has 19 heavy (non-hydrogen) atoms. The average Bonchev–Trinajstić information content (AvgIpc) is 2.41. The second-order valence-electron chi connectivity index (χ2n) is 4.34. The molecule has 0 aliphatic carbocycles. The number of hydrogen-bond donors (Lipinski definition) is 1. The minimum Gasteiger partial charge on any atom is -0.496 e. The number of halogens is 2. The fourth-order valence-electron chi connectivity index (χ4n) is 2.03. The minimum absolute atomic E-state index is 0.294. The summed E-state index contributed by atoms with van der Waals surface area (Å²) in [5.74, 6) is 0.301. The van der Waals surface area contributed by atoms with E-state index in [1.807, 2.05) is 0 Å². The number of hydrogen-bond acceptors (Lipinski definition) is 2. The van der Waals surface area contributed by atoms with Crippen molar-refractivity contribution in [3.8, 4) is 5.75 Å². The van der Waals surface area contributed by atoms with Gasteiger partial charge in [0, 0.05) is 16.1 Å². The van der Waals surface area contributed by atoms with Crippen LogP contribution in [0.15, 0.2) is 36.4 Å². The maximum atomic E-state index is 14.1. The number of nitrogens with two attached hydrogens (primary N) is 1. The van der Waals surface area contributed by atoms with Gasteiger partial charge in [0.25, 0.3) is 0 Å². The van der Waals surface area contributed by atoms with Crippen molar-refractivity contribution in [1.82, 2.24) is 0 Å². The van der Waals surface area contributed by atoms with E-state index in [0.29, 0.717) is 27.5 Å². The zero-order chi connectivity index (χ0) is 14.0. The van der Waals surface area contributed by atoms with Gasteiger partial charge in [0.15, 0.2) is 0 Å². The molecule has 0 aliphatic rings. The third kappa shape index (κ3) is 2.72. The molecule has 0 aromatic heterocycles. The molecule has 2 N–H and O–H groups in total. The van der Waals surface area contributed by atoms with Crippen molar-refractivity contribution < 1.29 is 9.13 Å². The highest BCUT2D eigenvalue weighted by atomic mass is 35.5. The number of rotatable bonds is 3. The van der Waals surface area contributed by atoms with E-state index in [9.17, 15) is 4.39 Å².